The number of hydrogen-bond acceptors (Lipinski definition) is 7. The molecule has 3 aromatic rings. The number of fused-ring (bicyclic) bond motifs is 1. The molecule has 3 aromatic heterocycles. The Morgan fingerprint density at radius 2 is 1.90 bits per heavy atom. The van der Waals surface area contributed by atoms with Crippen LogP contribution in [-0.4, -0.2) is 48.6 Å². The molecule has 1 N–H and O–H groups in total. The van der Waals surface area contributed by atoms with Crippen LogP contribution < -0.4 is 5.32 Å². The Kier molecular flexibility index (Phi) is 5.46. The zero-order valence-corrected chi connectivity index (χ0v) is 16.5. The first kappa shape index (κ1) is 21.2. The first-order chi connectivity index (χ1) is 14.0. The number of nitrogens with one attached hydrogen (secondary N) is 1. The fourth-order valence-corrected chi connectivity index (χ4v) is 2.80. The SMILES string of the molecule is Cc1nnc(NC(=O)c2ccc(C(F)(F)F)n3c(CN(C)C(=O)C(C)C)nnc23)o1. The van der Waals surface area contributed by atoms with Gasteiger partial charge in [-0.15, -0.1) is 15.3 Å². The molecule has 0 aromatic carbocycles. The van der Waals surface area contributed by atoms with Crippen molar-refractivity contribution >= 4 is 23.5 Å². The molecule has 0 saturated carbocycles. The van der Waals surface area contributed by atoms with E-state index in [1.165, 1.54) is 18.9 Å². The number of nitrogens with zero attached hydrogens (tertiary/aromatic N) is 6. The zero-order chi connectivity index (χ0) is 22.2. The van der Waals surface area contributed by atoms with E-state index in [1.54, 1.807) is 13.8 Å². The number of amides is 2. The maximum absolute atomic E-state index is 13.6. The van der Waals surface area contributed by atoms with Gasteiger partial charge >= 0.3 is 12.2 Å². The van der Waals surface area contributed by atoms with Gasteiger partial charge in [0.05, 0.1) is 12.1 Å². The van der Waals surface area contributed by atoms with E-state index in [0.29, 0.717) is 0 Å². The van der Waals surface area contributed by atoms with Crippen LogP contribution in [-0.2, 0) is 17.5 Å². The van der Waals surface area contributed by atoms with E-state index in [9.17, 15) is 22.8 Å². The van der Waals surface area contributed by atoms with Gasteiger partial charge in [0.15, 0.2) is 11.5 Å². The molecule has 2 amide bonds. The Bertz CT molecular complexity index is 1100. The lowest BCUT2D eigenvalue weighted by Crippen LogP contribution is -2.31. The number of alkyl halides is 3. The summed E-state index contributed by atoms with van der Waals surface area (Å²) in [5, 5.41) is 17.0. The summed E-state index contributed by atoms with van der Waals surface area (Å²) in [5.74, 6) is -1.37. The lowest BCUT2D eigenvalue weighted by molar-refractivity contribution is -0.142. The Balaban J connectivity index is 2.06. The molecular formula is C17H18F3N7O3. The van der Waals surface area contributed by atoms with Gasteiger partial charge in [0.2, 0.25) is 11.8 Å². The van der Waals surface area contributed by atoms with Crippen LogP contribution in [0.25, 0.3) is 5.65 Å². The highest BCUT2D eigenvalue weighted by Crippen LogP contribution is 2.31. The molecule has 10 nitrogen and oxygen atoms in total. The topological polar surface area (TPSA) is 119 Å². The van der Waals surface area contributed by atoms with Gasteiger partial charge in [-0.3, -0.25) is 19.3 Å². The lowest BCUT2D eigenvalue weighted by Gasteiger charge is -2.19. The van der Waals surface area contributed by atoms with Gasteiger partial charge in [0.25, 0.3) is 5.91 Å². The van der Waals surface area contributed by atoms with Crippen molar-refractivity contribution in [1.29, 1.82) is 0 Å². The average Bonchev–Trinajstić information content (AvgIpc) is 3.25. The lowest BCUT2D eigenvalue weighted by atomic mass is 10.2. The molecule has 0 aliphatic rings. The van der Waals surface area contributed by atoms with E-state index in [-0.39, 0.29) is 47.3 Å². The van der Waals surface area contributed by atoms with Crippen LogP contribution in [0.15, 0.2) is 16.5 Å². The fourth-order valence-electron chi connectivity index (χ4n) is 2.80. The number of carbonyl (C=O) groups excluding carboxylic acids is 2. The molecule has 0 atom stereocenters. The molecule has 0 radical (unpaired) electrons. The molecule has 0 saturated heterocycles. The molecule has 3 heterocycles. The number of hydrogen-bond donors (Lipinski definition) is 1. The number of halogens is 3. The monoisotopic (exact) mass is 425 g/mol. The number of anilines is 1. The summed E-state index contributed by atoms with van der Waals surface area (Å²) in [6.07, 6.45) is -4.74. The summed E-state index contributed by atoms with van der Waals surface area (Å²) in [7, 11) is 1.45. The third-order valence-electron chi connectivity index (χ3n) is 4.15. The first-order valence-corrected chi connectivity index (χ1v) is 8.79. The van der Waals surface area contributed by atoms with E-state index >= 15 is 0 Å². The van der Waals surface area contributed by atoms with Gasteiger partial charge in [-0.2, -0.15) is 13.2 Å². The minimum absolute atomic E-state index is 0.142. The van der Waals surface area contributed by atoms with Gasteiger partial charge in [-0.1, -0.05) is 18.9 Å². The number of aromatic nitrogens is 5. The highest BCUT2D eigenvalue weighted by atomic mass is 19.4. The summed E-state index contributed by atoms with van der Waals surface area (Å²) >= 11 is 0. The summed E-state index contributed by atoms with van der Waals surface area (Å²) in [5.41, 5.74) is -1.58. The summed E-state index contributed by atoms with van der Waals surface area (Å²) in [6, 6.07) is 1.52. The average molecular weight is 425 g/mol. The maximum atomic E-state index is 13.6. The molecular weight excluding hydrogens is 407 g/mol. The number of carbonyl (C=O) groups is 2. The Morgan fingerprint density at radius 1 is 1.20 bits per heavy atom. The van der Waals surface area contributed by atoms with Crippen molar-refractivity contribution in [2.45, 2.75) is 33.5 Å². The van der Waals surface area contributed by atoms with Crippen LogP contribution in [0.1, 0.15) is 41.6 Å². The second-order valence-electron chi connectivity index (χ2n) is 6.83. The van der Waals surface area contributed by atoms with Crippen LogP contribution in [0.2, 0.25) is 0 Å². The maximum Gasteiger partial charge on any atom is 0.431 e. The predicted molar refractivity (Wildman–Crippen MR) is 96.3 cm³/mol. The van der Waals surface area contributed by atoms with Crippen molar-refractivity contribution < 1.29 is 27.2 Å². The van der Waals surface area contributed by atoms with Crippen LogP contribution >= 0.6 is 0 Å². The van der Waals surface area contributed by atoms with Crippen LogP contribution in [0, 0.1) is 12.8 Å². The van der Waals surface area contributed by atoms with Crippen LogP contribution in [0.4, 0.5) is 19.2 Å². The largest absolute Gasteiger partial charge is 0.431 e. The summed E-state index contributed by atoms with van der Waals surface area (Å²) in [6.45, 7) is 4.63. The first-order valence-electron chi connectivity index (χ1n) is 8.79. The van der Waals surface area contributed by atoms with Crippen molar-refractivity contribution in [3.63, 3.8) is 0 Å². The van der Waals surface area contributed by atoms with Crippen molar-refractivity contribution in [1.82, 2.24) is 29.7 Å². The van der Waals surface area contributed by atoms with E-state index < -0.39 is 17.8 Å². The van der Waals surface area contributed by atoms with Crippen molar-refractivity contribution in [3.05, 3.63) is 35.1 Å². The molecule has 0 unspecified atom stereocenters. The molecule has 13 heteroatoms. The predicted octanol–water partition coefficient (Wildman–Crippen LogP) is 2.31. The van der Waals surface area contributed by atoms with E-state index in [2.05, 4.69) is 25.7 Å². The number of aryl methyl sites for hydroxylation is 1. The molecule has 0 aliphatic carbocycles. The standard InChI is InChI=1S/C17H18F3N7O3/c1-8(2)15(29)26(4)7-12-23-24-13-10(5-6-11(27(12)13)17(18,19)20)14(28)21-16-25-22-9(3)30-16/h5-6,8H,7H2,1-4H3,(H,21,25,28). The molecule has 3 rings (SSSR count). The number of rotatable bonds is 5. The molecule has 0 fully saturated rings. The smallest absolute Gasteiger partial charge is 0.408 e. The fraction of sp³-hybridized carbons (Fsp3) is 0.412. The molecule has 160 valence electrons. The van der Waals surface area contributed by atoms with Gasteiger partial charge in [-0.25, -0.2) is 0 Å². The van der Waals surface area contributed by atoms with Gasteiger partial charge in [0, 0.05) is 19.9 Å². The molecule has 30 heavy (non-hydrogen) atoms. The summed E-state index contributed by atoms with van der Waals surface area (Å²) in [4.78, 5) is 25.9. The Morgan fingerprint density at radius 3 is 2.47 bits per heavy atom. The highest BCUT2D eigenvalue weighted by molar-refractivity contribution is 6.07. The van der Waals surface area contributed by atoms with Gasteiger partial charge in [-0.05, 0) is 12.1 Å². The van der Waals surface area contributed by atoms with Crippen LogP contribution in [0.3, 0.4) is 0 Å². The second kappa shape index (κ2) is 7.72. The van der Waals surface area contributed by atoms with E-state index in [4.69, 9.17) is 4.42 Å². The summed E-state index contributed by atoms with van der Waals surface area (Å²) < 4.78 is 46.5. The number of pyridine rings is 1. The zero-order valence-electron chi connectivity index (χ0n) is 16.5. The van der Waals surface area contributed by atoms with Crippen LogP contribution in [0.5, 0.6) is 0 Å². The third kappa shape index (κ3) is 4.09. The van der Waals surface area contributed by atoms with Crippen molar-refractivity contribution in [2.24, 2.45) is 5.92 Å². The Hall–Kier alpha value is -3.51. The highest BCUT2D eigenvalue weighted by Gasteiger charge is 2.36. The van der Waals surface area contributed by atoms with Gasteiger partial charge < -0.3 is 9.32 Å². The molecule has 0 bridgehead atoms. The minimum atomic E-state index is -4.74. The molecule has 0 spiro atoms. The third-order valence-corrected chi connectivity index (χ3v) is 4.15. The van der Waals surface area contributed by atoms with E-state index in [0.717, 1.165) is 16.5 Å². The second-order valence-corrected chi connectivity index (χ2v) is 6.83. The van der Waals surface area contributed by atoms with Gasteiger partial charge in [0.1, 0.15) is 5.69 Å². The normalized spacial score (nSPS) is 11.9. The molecule has 0 aliphatic heterocycles. The van der Waals surface area contributed by atoms with Crippen molar-refractivity contribution in [2.75, 3.05) is 12.4 Å². The Labute approximate surface area is 168 Å². The van der Waals surface area contributed by atoms with E-state index in [1.807, 2.05) is 0 Å². The quantitative estimate of drug-likeness (QED) is 0.666. The minimum Gasteiger partial charge on any atom is -0.408 e. The van der Waals surface area contributed by atoms with Crippen molar-refractivity contribution in [3.8, 4) is 0 Å².